The lowest BCUT2D eigenvalue weighted by Crippen LogP contribution is -2.19. The monoisotopic (exact) mass is 222 g/mol. The van der Waals surface area contributed by atoms with Crippen LogP contribution in [0.4, 0.5) is 8.78 Å². The number of hydrogen-bond acceptors (Lipinski definition) is 2. The Bertz CT molecular complexity index is 320. The third kappa shape index (κ3) is 2.41. The van der Waals surface area contributed by atoms with E-state index in [2.05, 4.69) is 0 Å². The number of halogens is 3. The summed E-state index contributed by atoms with van der Waals surface area (Å²) >= 11 is 5.29. The van der Waals surface area contributed by atoms with Gasteiger partial charge in [0.15, 0.2) is 11.6 Å². The maximum absolute atomic E-state index is 12.7. The molecule has 1 rings (SSSR count). The van der Waals surface area contributed by atoms with Crippen molar-refractivity contribution in [2.24, 2.45) is 0 Å². The second-order valence-corrected chi connectivity index (χ2v) is 3.15. The molecular weight excluding hydrogens is 214 g/mol. The van der Waals surface area contributed by atoms with E-state index < -0.39 is 23.8 Å². The molecule has 0 saturated carbocycles. The van der Waals surface area contributed by atoms with Crippen LogP contribution in [-0.4, -0.2) is 22.2 Å². The van der Waals surface area contributed by atoms with Crippen LogP contribution in [0.15, 0.2) is 18.2 Å². The molecule has 0 aliphatic heterocycles. The van der Waals surface area contributed by atoms with Crippen molar-refractivity contribution in [1.29, 1.82) is 0 Å². The van der Waals surface area contributed by atoms with E-state index in [9.17, 15) is 13.9 Å². The van der Waals surface area contributed by atoms with E-state index in [1.165, 1.54) is 6.07 Å². The van der Waals surface area contributed by atoms with Gasteiger partial charge in [0.25, 0.3) is 0 Å². The summed E-state index contributed by atoms with van der Waals surface area (Å²) in [5.74, 6) is -2.25. The van der Waals surface area contributed by atoms with Crippen molar-refractivity contribution in [2.45, 2.75) is 12.2 Å². The Balaban J connectivity index is 2.91. The Morgan fingerprint density at radius 3 is 2.36 bits per heavy atom. The number of benzene rings is 1. The van der Waals surface area contributed by atoms with Gasteiger partial charge in [-0.05, 0) is 17.7 Å². The molecule has 1 aromatic rings. The van der Waals surface area contributed by atoms with Crippen molar-refractivity contribution < 1.29 is 19.0 Å². The van der Waals surface area contributed by atoms with Gasteiger partial charge in [-0.2, -0.15) is 0 Å². The highest BCUT2D eigenvalue weighted by atomic mass is 35.5. The Hall–Kier alpha value is -0.710. The van der Waals surface area contributed by atoms with Gasteiger partial charge in [0, 0.05) is 0 Å². The third-order valence-electron chi connectivity index (χ3n) is 1.81. The quantitative estimate of drug-likeness (QED) is 0.763. The van der Waals surface area contributed by atoms with Gasteiger partial charge in [0.1, 0.15) is 6.10 Å². The molecule has 0 radical (unpaired) electrons. The fraction of sp³-hybridized carbons (Fsp3) is 0.333. The highest BCUT2D eigenvalue weighted by molar-refractivity contribution is 6.18. The van der Waals surface area contributed by atoms with Gasteiger partial charge in [-0.1, -0.05) is 6.07 Å². The maximum atomic E-state index is 12.7. The van der Waals surface area contributed by atoms with E-state index >= 15 is 0 Å². The van der Waals surface area contributed by atoms with Crippen molar-refractivity contribution >= 4 is 11.6 Å². The van der Waals surface area contributed by atoms with Gasteiger partial charge in [-0.15, -0.1) is 11.6 Å². The fourth-order valence-electron chi connectivity index (χ4n) is 1.00. The van der Waals surface area contributed by atoms with E-state index in [1.807, 2.05) is 0 Å². The highest BCUT2D eigenvalue weighted by Gasteiger charge is 2.18. The third-order valence-corrected chi connectivity index (χ3v) is 2.12. The minimum absolute atomic E-state index is 0.0945. The lowest BCUT2D eigenvalue weighted by molar-refractivity contribution is 0.0325. The predicted molar refractivity (Wildman–Crippen MR) is 48.0 cm³/mol. The Morgan fingerprint density at radius 2 is 1.86 bits per heavy atom. The average Bonchev–Trinajstić information content (AvgIpc) is 2.20. The molecule has 1 aromatic carbocycles. The summed E-state index contributed by atoms with van der Waals surface area (Å²) in [4.78, 5) is 0. The van der Waals surface area contributed by atoms with Crippen LogP contribution in [0, 0.1) is 11.6 Å². The van der Waals surface area contributed by atoms with E-state index in [1.54, 1.807) is 0 Å². The van der Waals surface area contributed by atoms with Crippen LogP contribution in [0.1, 0.15) is 11.7 Å². The first kappa shape index (κ1) is 11.4. The van der Waals surface area contributed by atoms with E-state index in [4.69, 9.17) is 16.7 Å². The van der Waals surface area contributed by atoms with Gasteiger partial charge in [0.2, 0.25) is 0 Å². The van der Waals surface area contributed by atoms with Gasteiger partial charge in [-0.25, -0.2) is 8.78 Å². The molecule has 0 aliphatic rings. The number of rotatable bonds is 3. The number of aliphatic hydroxyl groups excluding tert-OH is 2. The first-order valence-electron chi connectivity index (χ1n) is 3.93. The summed E-state index contributed by atoms with van der Waals surface area (Å²) in [7, 11) is 0. The van der Waals surface area contributed by atoms with Crippen LogP contribution in [0.3, 0.4) is 0 Å². The molecule has 2 atom stereocenters. The fourth-order valence-corrected chi connectivity index (χ4v) is 1.17. The van der Waals surface area contributed by atoms with Crippen LogP contribution < -0.4 is 0 Å². The minimum Gasteiger partial charge on any atom is -0.389 e. The molecule has 0 spiro atoms. The minimum atomic E-state index is -1.30. The molecule has 2 nitrogen and oxygen atoms in total. The summed E-state index contributed by atoms with van der Waals surface area (Å²) in [6.45, 7) is 0. The molecule has 0 aliphatic carbocycles. The first-order valence-corrected chi connectivity index (χ1v) is 4.46. The van der Waals surface area contributed by atoms with Crippen molar-refractivity contribution in [2.75, 3.05) is 5.88 Å². The van der Waals surface area contributed by atoms with E-state index in [-0.39, 0.29) is 11.4 Å². The SMILES string of the molecule is OC(CCl)C(O)c1ccc(F)c(F)c1. The van der Waals surface area contributed by atoms with Crippen LogP contribution >= 0.6 is 11.6 Å². The molecule has 0 aromatic heterocycles. The molecule has 5 heteroatoms. The molecule has 14 heavy (non-hydrogen) atoms. The topological polar surface area (TPSA) is 40.5 Å². The molecule has 0 fully saturated rings. The van der Waals surface area contributed by atoms with Gasteiger partial charge in [0.05, 0.1) is 12.0 Å². The smallest absolute Gasteiger partial charge is 0.159 e. The second kappa shape index (κ2) is 4.68. The number of hydrogen-bond donors (Lipinski definition) is 2. The van der Waals surface area contributed by atoms with E-state index in [0.717, 1.165) is 12.1 Å². The van der Waals surface area contributed by atoms with E-state index in [0.29, 0.717) is 0 Å². The lowest BCUT2D eigenvalue weighted by atomic mass is 10.1. The summed E-state index contributed by atoms with van der Waals surface area (Å²) in [6, 6.07) is 2.91. The molecule has 2 N–H and O–H groups in total. The van der Waals surface area contributed by atoms with Crippen LogP contribution in [0.2, 0.25) is 0 Å². The molecule has 2 unspecified atom stereocenters. The molecule has 0 amide bonds. The van der Waals surface area contributed by atoms with Crippen LogP contribution in [-0.2, 0) is 0 Å². The Kier molecular flexibility index (Phi) is 3.80. The molecular formula is C9H9ClF2O2. The van der Waals surface area contributed by atoms with Crippen molar-refractivity contribution in [1.82, 2.24) is 0 Å². The first-order chi connectivity index (χ1) is 6.56. The van der Waals surface area contributed by atoms with Crippen LogP contribution in [0.25, 0.3) is 0 Å². The Labute approximate surface area is 84.7 Å². The molecule has 0 heterocycles. The zero-order valence-corrected chi connectivity index (χ0v) is 7.88. The van der Waals surface area contributed by atoms with Crippen LogP contribution in [0.5, 0.6) is 0 Å². The van der Waals surface area contributed by atoms with Gasteiger partial charge >= 0.3 is 0 Å². The standard InChI is InChI=1S/C9H9ClF2O2/c10-4-8(13)9(14)5-1-2-6(11)7(12)3-5/h1-3,8-9,13-14H,4H2. The van der Waals surface area contributed by atoms with Crippen molar-refractivity contribution in [3.63, 3.8) is 0 Å². The van der Waals surface area contributed by atoms with Crippen molar-refractivity contribution in [3.05, 3.63) is 35.4 Å². The highest BCUT2D eigenvalue weighted by Crippen LogP contribution is 2.19. The normalized spacial score (nSPS) is 15.2. The summed E-state index contributed by atoms with van der Waals surface area (Å²) in [5, 5.41) is 18.5. The number of aliphatic hydroxyl groups is 2. The average molecular weight is 223 g/mol. The van der Waals surface area contributed by atoms with Gasteiger partial charge < -0.3 is 10.2 Å². The van der Waals surface area contributed by atoms with Gasteiger partial charge in [-0.3, -0.25) is 0 Å². The maximum Gasteiger partial charge on any atom is 0.159 e. The summed E-state index contributed by atoms with van der Waals surface area (Å²) in [5.41, 5.74) is 0.0945. The summed E-state index contributed by atoms with van der Waals surface area (Å²) in [6.07, 6.45) is -2.50. The zero-order chi connectivity index (χ0) is 10.7. The lowest BCUT2D eigenvalue weighted by Gasteiger charge is -2.15. The molecule has 0 saturated heterocycles. The largest absolute Gasteiger partial charge is 0.389 e. The zero-order valence-electron chi connectivity index (χ0n) is 7.12. The molecule has 0 bridgehead atoms. The Morgan fingerprint density at radius 1 is 1.21 bits per heavy atom. The van der Waals surface area contributed by atoms with Crippen molar-refractivity contribution in [3.8, 4) is 0 Å². The predicted octanol–water partition coefficient (Wildman–Crippen LogP) is 1.60. The molecule has 78 valence electrons. The number of alkyl halides is 1. The second-order valence-electron chi connectivity index (χ2n) is 2.84. The summed E-state index contributed by atoms with van der Waals surface area (Å²) < 4.78 is 25.2.